The van der Waals surface area contributed by atoms with Gasteiger partial charge in [-0.25, -0.2) is 0 Å². The van der Waals surface area contributed by atoms with Crippen LogP contribution >= 0.6 is 0 Å². The number of aliphatic hydroxyl groups is 1. The molecule has 0 bridgehead atoms. The highest BCUT2D eigenvalue weighted by Gasteiger charge is 2.19. The molecule has 1 aromatic heterocycles. The lowest BCUT2D eigenvalue weighted by atomic mass is 9.90. The number of pyridine rings is 1. The second-order valence-corrected chi connectivity index (χ2v) is 5.96. The molecule has 1 N–H and O–H groups in total. The SMILES string of the molecule is CC(C)c1ccc(CC2CCN(CCO)CC2)cn1. The lowest BCUT2D eigenvalue weighted by Crippen LogP contribution is -2.36. The number of piperidine rings is 1. The summed E-state index contributed by atoms with van der Waals surface area (Å²) < 4.78 is 0. The Morgan fingerprint density at radius 2 is 2.05 bits per heavy atom. The Bertz CT molecular complexity index is 367. The smallest absolute Gasteiger partial charge is 0.0558 e. The summed E-state index contributed by atoms with van der Waals surface area (Å²) in [6.45, 7) is 7.73. The van der Waals surface area contributed by atoms with Crippen LogP contribution in [-0.4, -0.2) is 41.2 Å². The molecule has 1 fully saturated rings. The van der Waals surface area contributed by atoms with Crippen LogP contribution < -0.4 is 0 Å². The third kappa shape index (κ3) is 4.29. The fourth-order valence-corrected chi connectivity index (χ4v) is 2.79. The van der Waals surface area contributed by atoms with Gasteiger partial charge in [0.05, 0.1) is 6.61 Å². The second kappa shape index (κ2) is 7.01. The molecule has 2 rings (SSSR count). The highest BCUT2D eigenvalue weighted by atomic mass is 16.3. The summed E-state index contributed by atoms with van der Waals surface area (Å²) >= 11 is 0. The highest BCUT2D eigenvalue weighted by Crippen LogP contribution is 2.22. The van der Waals surface area contributed by atoms with Gasteiger partial charge in [0.15, 0.2) is 0 Å². The average Bonchev–Trinajstić information content (AvgIpc) is 2.42. The van der Waals surface area contributed by atoms with E-state index in [0.29, 0.717) is 5.92 Å². The molecule has 1 aliphatic rings. The molecule has 0 radical (unpaired) electrons. The van der Waals surface area contributed by atoms with Crippen LogP contribution in [0.3, 0.4) is 0 Å². The number of aromatic nitrogens is 1. The first-order valence-corrected chi connectivity index (χ1v) is 7.47. The lowest BCUT2D eigenvalue weighted by molar-refractivity contribution is 0.147. The van der Waals surface area contributed by atoms with Gasteiger partial charge in [0.25, 0.3) is 0 Å². The molecule has 3 nitrogen and oxygen atoms in total. The van der Waals surface area contributed by atoms with Gasteiger partial charge in [-0.2, -0.15) is 0 Å². The van der Waals surface area contributed by atoms with Crippen molar-refractivity contribution in [2.75, 3.05) is 26.2 Å². The maximum absolute atomic E-state index is 8.94. The number of hydrogen-bond acceptors (Lipinski definition) is 3. The van der Waals surface area contributed by atoms with E-state index in [1.54, 1.807) is 0 Å². The summed E-state index contributed by atoms with van der Waals surface area (Å²) in [5, 5.41) is 8.94. The third-order valence-corrected chi connectivity index (χ3v) is 4.09. The molecule has 0 aliphatic carbocycles. The van der Waals surface area contributed by atoms with Gasteiger partial charge in [-0.05, 0) is 55.8 Å². The monoisotopic (exact) mass is 262 g/mol. The minimum atomic E-state index is 0.283. The van der Waals surface area contributed by atoms with Crippen LogP contribution in [0.4, 0.5) is 0 Å². The van der Waals surface area contributed by atoms with E-state index < -0.39 is 0 Å². The van der Waals surface area contributed by atoms with E-state index in [-0.39, 0.29) is 6.61 Å². The Kier molecular flexibility index (Phi) is 5.34. The normalized spacial score (nSPS) is 18.1. The van der Waals surface area contributed by atoms with Crippen molar-refractivity contribution in [3.05, 3.63) is 29.6 Å². The molecule has 0 amide bonds. The fourth-order valence-electron chi connectivity index (χ4n) is 2.79. The van der Waals surface area contributed by atoms with Crippen molar-refractivity contribution >= 4 is 0 Å². The van der Waals surface area contributed by atoms with E-state index in [1.165, 1.54) is 24.1 Å². The number of likely N-dealkylation sites (tertiary alicyclic amines) is 1. The Labute approximate surface area is 116 Å². The molecular formula is C16H26N2O. The van der Waals surface area contributed by atoms with Crippen molar-refractivity contribution in [3.8, 4) is 0 Å². The van der Waals surface area contributed by atoms with Crippen LogP contribution in [0.15, 0.2) is 18.3 Å². The van der Waals surface area contributed by atoms with Crippen molar-refractivity contribution < 1.29 is 5.11 Å². The third-order valence-electron chi connectivity index (χ3n) is 4.09. The zero-order valence-corrected chi connectivity index (χ0v) is 12.2. The van der Waals surface area contributed by atoms with Crippen molar-refractivity contribution in [2.45, 2.75) is 39.0 Å². The maximum atomic E-state index is 8.94. The van der Waals surface area contributed by atoms with Gasteiger partial charge in [-0.1, -0.05) is 19.9 Å². The summed E-state index contributed by atoms with van der Waals surface area (Å²) in [5.41, 5.74) is 2.55. The van der Waals surface area contributed by atoms with Crippen LogP contribution in [0, 0.1) is 5.92 Å². The molecule has 0 spiro atoms. The van der Waals surface area contributed by atoms with Crippen LogP contribution in [0.5, 0.6) is 0 Å². The summed E-state index contributed by atoms with van der Waals surface area (Å²) in [6, 6.07) is 4.41. The second-order valence-electron chi connectivity index (χ2n) is 5.96. The van der Waals surface area contributed by atoms with Crippen molar-refractivity contribution in [3.63, 3.8) is 0 Å². The first-order chi connectivity index (χ1) is 9.19. The largest absolute Gasteiger partial charge is 0.395 e. The molecule has 19 heavy (non-hydrogen) atoms. The first kappa shape index (κ1) is 14.5. The van der Waals surface area contributed by atoms with Gasteiger partial charge in [-0.3, -0.25) is 4.98 Å². The molecular weight excluding hydrogens is 236 g/mol. The Balaban J connectivity index is 1.82. The minimum Gasteiger partial charge on any atom is -0.395 e. The fraction of sp³-hybridized carbons (Fsp3) is 0.688. The summed E-state index contributed by atoms with van der Waals surface area (Å²) in [7, 11) is 0. The van der Waals surface area contributed by atoms with Gasteiger partial charge in [0.1, 0.15) is 0 Å². The molecule has 0 atom stereocenters. The van der Waals surface area contributed by atoms with E-state index in [0.717, 1.165) is 32.0 Å². The molecule has 0 aromatic carbocycles. The van der Waals surface area contributed by atoms with Crippen LogP contribution in [0.1, 0.15) is 43.9 Å². The van der Waals surface area contributed by atoms with Crippen molar-refractivity contribution in [1.29, 1.82) is 0 Å². The zero-order chi connectivity index (χ0) is 13.7. The molecule has 1 saturated heterocycles. The van der Waals surface area contributed by atoms with E-state index in [9.17, 15) is 0 Å². The molecule has 0 unspecified atom stereocenters. The zero-order valence-electron chi connectivity index (χ0n) is 12.2. The molecule has 0 saturated carbocycles. The van der Waals surface area contributed by atoms with Crippen molar-refractivity contribution in [2.24, 2.45) is 5.92 Å². The number of aliphatic hydroxyl groups excluding tert-OH is 1. The Hall–Kier alpha value is -0.930. The van der Waals surface area contributed by atoms with E-state index in [2.05, 4.69) is 42.1 Å². The topological polar surface area (TPSA) is 36.4 Å². The summed E-state index contributed by atoms with van der Waals surface area (Å²) in [5.74, 6) is 1.29. The van der Waals surface area contributed by atoms with Crippen LogP contribution in [-0.2, 0) is 6.42 Å². The standard InChI is InChI=1S/C16H26N2O/c1-13(2)16-4-3-15(12-17-16)11-14-5-7-18(8-6-14)9-10-19/h3-4,12-14,19H,5-11H2,1-2H3. The predicted molar refractivity (Wildman–Crippen MR) is 78.3 cm³/mol. The Morgan fingerprint density at radius 3 is 2.58 bits per heavy atom. The van der Waals surface area contributed by atoms with Crippen LogP contribution in [0.25, 0.3) is 0 Å². The van der Waals surface area contributed by atoms with Gasteiger partial charge >= 0.3 is 0 Å². The van der Waals surface area contributed by atoms with E-state index in [1.807, 2.05) is 0 Å². The van der Waals surface area contributed by atoms with Gasteiger partial charge in [0.2, 0.25) is 0 Å². The van der Waals surface area contributed by atoms with E-state index in [4.69, 9.17) is 5.11 Å². The number of hydrogen-bond donors (Lipinski definition) is 1. The van der Waals surface area contributed by atoms with Crippen molar-refractivity contribution in [1.82, 2.24) is 9.88 Å². The van der Waals surface area contributed by atoms with Gasteiger partial charge < -0.3 is 10.0 Å². The molecule has 1 aromatic rings. The molecule has 3 heteroatoms. The van der Waals surface area contributed by atoms with Crippen LogP contribution in [0.2, 0.25) is 0 Å². The minimum absolute atomic E-state index is 0.283. The predicted octanol–water partition coefficient (Wildman–Crippen LogP) is 2.45. The maximum Gasteiger partial charge on any atom is 0.0558 e. The average molecular weight is 262 g/mol. The summed E-state index contributed by atoms with van der Waals surface area (Å²) in [4.78, 5) is 6.90. The number of β-amino-alcohol motifs (C(OH)–C–C–N with tert-alkyl or cyclic N) is 1. The molecule has 2 heterocycles. The lowest BCUT2D eigenvalue weighted by Gasteiger charge is -2.31. The summed E-state index contributed by atoms with van der Waals surface area (Å²) in [6.07, 6.45) is 5.69. The number of nitrogens with zero attached hydrogens (tertiary/aromatic N) is 2. The number of rotatable bonds is 5. The van der Waals surface area contributed by atoms with Gasteiger partial charge in [0, 0.05) is 18.4 Å². The highest BCUT2D eigenvalue weighted by molar-refractivity contribution is 5.16. The van der Waals surface area contributed by atoms with E-state index >= 15 is 0 Å². The quantitative estimate of drug-likeness (QED) is 0.885. The Morgan fingerprint density at radius 1 is 1.32 bits per heavy atom. The molecule has 1 aliphatic heterocycles. The first-order valence-electron chi connectivity index (χ1n) is 7.47. The van der Waals surface area contributed by atoms with Gasteiger partial charge in [-0.15, -0.1) is 0 Å². The molecule has 106 valence electrons.